The van der Waals surface area contributed by atoms with Crippen LogP contribution in [0.2, 0.25) is 0 Å². The molecular formula is C11H23N3O7. The normalized spacial score (nSPS) is 15.5. The van der Waals surface area contributed by atoms with Gasteiger partial charge in [-0.2, -0.15) is 0 Å². The highest BCUT2D eigenvalue weighted by atomic mass is 16.6. The van der Waals surface area contributed by atoms with Crippen molar-refractivity contribution in [2.45, 2.75) is 45.1 Å². The predicted molar refractivity (Wildman–Crippen MR) is 72.1 cm³/mol. The molecule has 21 heavy (non-hydrogen) atoms. The van der Waals surface area contributed by atoms with Crippen LogP contribution in [0.4, 0.5) is 4.79 Å². The highest BCUT2D eigenvalue weighted by molar-refractivity contribution is 5.87. The van der Waals surface area contributed by atoms with Gasteiger partial charge >= 0.3 is 12.1 Å². The first-order chi connectivity index (χ1) is 9.66. The molecule has 0 aromatic carbocycles. The lowest BCUT2D eigenvalue weighted by molar-refractivity contribution is -0.142. The molecule has 0 saturated carbocycles. The SMILES string of the molecule is CC.CC(NC(=O)C(N)C(O)C(O)COC(N)=O)C(=O)O. The van der Waals surface area contributed by atoms with E-state index in [4.69, 9.17) is 10.8 Å². The van der Waals surface area contributed by atoms with Gasteiger partial charge in [-0.05, 0) is 6.92 Å². The molecule has 10 nitrogen and oxygen atoms in total. The van der Waals surface area contributed by atoms with Gasteiger partial charge in [-0.1, -0.05) is 13.8 Å². The summed E-state index contributed by atoms with van der Waals surface area (Å²) in [6.07, 6.45) is -4.54. The maximum atomic E-state index is 11.4. The first-order valence-electron chi connectivity index (χ1n) is 6.24. The zero-order valence-electron chi connectivity index (χ0n) is 12.1. The van der Waals surface area contributed by atoms with Crippen LogP contribution in [0.15, 0.2) is 0 Å². The van der Waals surface area contributed by atoms with E-state index in [2.05, 4.69) is 10.5 Å². The van der Waals surface area contributed by atoms with Crippen molar-refractivity contribution in [1.82, 2.24) is 5.32 Å². The van der Waals surface area contributed by atoms with Gasteiger partial charge in [0.15, 0.2) is 0 Å². The lowest BCUT2D eigenvalue weighted by Crippen LogP contribution is -2.56. The molecule has 4 atom stereocenters. The summed E-state index contributed by atoms with van der Waals surface area (Å²) >= 11 is 0. The number of rotatable bonds is 7. The summed E-state index contributed by atoms with van der Waals surface area (Å²) in [5.74, 6) is -2.26. The van der Waals surface area contributed by atoms with Crippen molar-refractivity contribution in [3.63, 3.8) is 0 Å². The summed E-state index contributed by atoms with van der Waals surface area (Å²) in [4.78, 5) is 32.2. The lowest BCUT2D eigenvalue weighted by Gasteiger charge is -2.23. The Morgan fingerprint density at radius 1 is 1.24 bits per heavy atom. The van der Waals surface area contributed by atoms with Crippen LogP contribution in [-0.2, 0) is 14.3 Å². The maximum Gasteiger partial charge on any atom is 0.404 e. The Kier molecular flexibility index (Phi) is 11.0. The van der Waals surface area contributed by atoms with E-state index >= 15 is 0 Å². The van der Waals surface area contributed by atoms with Gasteiger partial charge in [0, 0.05) is 0 Å². The van der Waals surface area contributed by atoms with Crippen LogP contribution in [0, 0.1) is 0 Å². The summed E-state index contributed by atoms with van der Waals surface area (Å²) in [5.41, 5.74) is 9.98. The third kappa shape index (κ3) is 8.78. The zero-order chi connectivity index (χ0) is 17.2. The van der Waals surface area contributed by atoms with Gasteiger partial charge in [-0.3, -0.25) is 9.59 Å². The summed E-state index contributed by atoms with van der Waals surface area (Å²) in [5, 5.41) is 29.5. The minimum absolute atomic E-state index is 0.647. The van der Waals surface area contributed by atoms with Crippen molar-refractivity contribution in [1.29, 1.82) is 0 Å². The van der Waals surface area contributed by atoms with Crippen LogP contribution in [0.3, 0.4) is 0 Å². The number of aliphatic hydroxyl groups is 2. The van der Waals surface area contributed by atoms with E-state index in [1.165, 1.54) is 6.92 Å². The third-order valence-electron chi connectivity index (χ3n) is 2.19. The summed E-state index contributed by atoms with van der Waals surface area (Å²) < 4.78 is 4.22. The summed E-state index contributed by atoms with van der Waals surface area (Å²) in [7, 11) is 0. The van der Waals surface area contributed by atoms with Crippen LogP contribution in [-0.4, -0.2) is 64.2 Å². The van der Waals surface area contributed by atoms with Crippen molar-refractivity contribution in [3.8, 4) is 0 Å². The van der Waals surface area contributed by atoms with Gasteiger partial charge < -0.3 is 36.8 Å². The molecule has 0 bridgehead atoms. The predicted octanol–water partition coefficient (Wildman–Crippen LogP) is -2.25. The Morgan fingerprint density at radius 2 is 1.71 bits per heavy atom. The number of ether oxygens (including phenoxy) is 1. The Labute approximate surface area is 122 Å². The van der Waals surface area contributed by atoms with Crippen LogP contribution in [0.1, 0.15) is 20.8 Å². The molecule has 0 radical (unpaired) electrons. The number of carboxylic acids is 1. The molecule has 124 valence electrons. The topological polar surface area (TPSA) is 185 Å². The number of hydrogen-bond donors (Lipinski definition) is 6. The van der Waals surface area contributed by atoms with Crippen molar-refractivity contribution in [2.75, 3.05) is 6.61 Å². The fourth-order valence-electron chi connectivity index (χ4n) is 1.03. The number of carbonyl (C=O) groups excluding carboxylic acids is 2. The monoisotopic (exact) mass is 309 g/mol. The molecule has 0 rings (SSSR count). The zero-order valence-corrected chi connectivity index (χ0v) is 12.1. The van der Waals surface area contributed by atoms with Gasteiger partial charge in [0.2, 0.25) is 5.91 Å². The average Bonchev–Trinajstić information content (AvgIpc) is 2.44. The number of hydrogen-bond acceptors (Lipinski definition) is 7. The van der Waals surface area contributed by atoms with Gasteiger partial charge in [-0.25, -0.2) is 4.79 Å². The number of aliphatic hydroxyl groups excluding tert-OH is 2. The summed E-state index contributed by atoms with van der Waals surface area (Å²) in [6.45, 7) is 4.55. The van der Waals surface area contributed by atoms with E-state index in [0.717, 1.165) is 0 Å². The highest BCUT2D eigenvalue weighted by Crippen LogP contribution is 2.00. The molecule has 0 aliphatic carbocycles. The first kappa shape index (κ1) is 21.4. The van der Waals surface area contributed by atoms with E-state index in [1.54, 1.807) is 0 Å². The van der Waals surface area contributed by atoms with Crippen LogP contribution in [0.25, 0.3) is 0 Å². The molecule has 10 heteroatoms. The van der Waals surface area contributed by atoms with Crippen LogP contribution < -0.4 is 16.8 Å². The van der Waals surface area contributed by atoms with E-state index in [0.29, 0.717) is 0 Å². The Hall–Kier alpha value is -1.91. The molecule has 8 N–H and O–H groups in total. The Morgan fingerprint density at radius 3 is 2.10 bits per heavy atom. The molecule has 0 aromatic heterocycles. The van der Waals surface area contributed by atoms with E-state index in [9.17, 15) is 24.6 Å². The molecule has 0 aromatic rings. The minimum atomic E-state index is -1.75. The molecule has 2 amide bonds. The van der Waals surface area contributed by atoms with Gasteiger partial charge in [0.05, 0.1) is 0 Å². The first-order valence-corrected chi connectivity index (χ1v) is 6.24. The second kappa shape index (κ2) is 10.8. The minimum Gasteiger partial charge on any atom is -0.480 e. The van der Waals surface area contributed by atoms with Gasteiger partial charge in [0.1, 0.15) is 30.9 Å². The molecule has 0 aliphatic heterocycles. The van der Waals surface area contributed by atoms with Gasteiger partial charge in [0.25, 0.3) is 0 Å². The standard InChI is InChI=1S/C9H17N3O7.C2H6/c1-3(8(16)17)12-7(15)5(10)6(14)4(13)2-19-9(11)18;1-2/h3-6,13-14H,2,10H2,1H3,(H2,11,18)(H,12,15)(H,16,17);1-2H3. The molecule has 0 fully saturated rings. The van der Waals surface area contributed by atoms with E-state index in [-0.39, 0.29) is 0 Å². The smallest absolute Gasteiger partial charge is 0.404 e. The molecule has 0 saturated heterocycles. The van der Waals surface area contributed by atoms with Crippen molar-refractivity contribution >= 4 is 18.0 Å². The molecular weight excluding hydrogens is 286 g/mol. The molecule has 0 spiro atoms. The van der Waals surface area contributed by atoms with Crippen LogP contribution in [0.5, 0.6) is 0 Å². The number of nitrogens with one attached hydrogen (secondary N) is 1. The maximum absolute atomic E-state index is 11.4. The number of carboxylic acid groups (broad SMARTS) is 1. The average molecular weight is 309 g/mol. The Balaban J connectivity index is 0. The van der Waals surface area contributed by atoms with Gasteiger partial charge in [-0.15, -0.1) is 0 Å². The fraction of sp³-hybridized carbons (Fsp3) is 0.727. The molecule has 4 unspecified atom stereocenters. The van der Waals surface area contributed by atoms with Crippen LogP contribution >= 0.6 is 0 Å². The van der Waals surface area contributed by atoms with E-state index < -0.39 is 48.9 Å². The number of amides is 2. The fourth-order valence-corrected chi connectivity index (χ4v) is 1.03. The number of nitrogens with two attached hydrogens (primary N) is 2. The van der Waals surface area contributed by atoms with E-state index in [1.807, 2.05) is 19.2 Å². The largest absolute Gasteiger partial charge is 0.480 e. The third-order valence-corrected chi connectivity index (χ3v) is 2.19. The number of carbonyl (C=O) groups is 3. The molecule has 0 heterocycles. The van der Waals surface area contributed by atoms with Crippen molar-refractivity contribution in [3.05, 3.63) is 0 Å². The highest BCUT2D eigenvalue weighted by Gasteiger charge is 2.31. The second-order valence-corrected chi connectivity index (χ2v) is 3.78. The Bertz CT molecular complexity index is 351. The quantitative estimate of drug-likeness (QED) is 0.304. The molecule has 0 aliphatic rings. The summed E-state index contributed by atoms with van der Waals surface area (Å²) in [6, 6.07) is -2.79. The second-order valence-electron chi connectivity index (χ2n) is 3.78. The van der Waals surface area contributed by atoms with Crippen molar-refractivity contribution < 1.29 is 34.4 Å². The van der Waals surface area contributed by atoms with Crippen molar-refractivity contribution in [2.24, 2.45) is 11.5 Å². The lowest BCUT2D eigenvalue weighted by atomic mass is 10.1. The number of primary amides is 1. The number of aliphatic carboxylic acids is 1.